The van der Waals surface area contributed by atoms with E-state index in [1.165, 1.54) is 6.92 Å². The molecule has 0 atom stereocenters. The van der Waals surface area contributed by atoms with Gasteiger partial charge < -0.3 is 5.11 Å². The highest BCUT2D eigenvalue weighted by atomic mass is 16.3. The Kier molecular flexibility index (Phi) is 2.51. The van der Waals surface area contributed by atoms with Crippen LogP contribution in [0.5, 0.6) is 0 Å². The number of ketones is 1. The van der Waals surface area contributed by atoms with Crippen LogP contribution in [-0.2, 0) is 4.79 Å². The molecule has 1 rings (SSSR count). The number of carbonyl (C=O) groups excluding carboxylic acids is 1. The maximum absolute atomic E-state index is 11.4. The molecule has 0 saturated heterocycles. The zero-order chi connectivity index (χ0) is 11.1. The number of aliphatic hydroxyl groups is 1. The Balaban J connectivity index is 3.19. The largest absolute Gasteiger partial charge is 0.511 e. The first-order valence-electron chi connectivity index (χ1n) is 5.09. The van der Waals surface area contributed by atoms with Crippen molar-refractivity contribution >= 4 is 5.78 Å². The summed E-state index contributed by atoms with van der Waals surface area (Å²) in [6.07, 6.45) is 1.61. The van der Waals surface area contributed by atoms with Crippen molar-refractivity contribution in [2.45, 2.75) is 47.5 Å². The van der Waals surface area contributed by atoms with Crippen molar-refractivity contribution in [3.8, 4) is 0 Å². The van der Waals surface area contributed by atoms with Crippen LogP contribution in [0.3, 0.4) is 0 Å². The van der Waals surface area contributed by atoms with Crippen LogP contribution in [0.2, 0.25) is 0 Å². The summed E-state index contributed by atoms with van der Waals surface area (Å²) in [7, 11) is 0. The molecule has 0 unspecified atom stereocenters. The SMILES string of the molecule is CC(=O)C1=C(O)C(C)(C)CC(C)(C)C1. The molecular formula is C12H20O2. The summed E-state index contributed by atoms with van der Waals surface area (Å²) in [5, 5.41) is 9.96. The molecule has 14 heavy (non-hydrogen) atoms. The second kappa shape index (κ2) is 3.11. The quantitative estimate of drug-likeness (QED) is 0.699. The summed E-state index contributed by atoms with van der Waals surface area (Å²) in [5.74, 6) is 0.299. The molecule has 0 aromatic heterocycles. The van der Waals surface area contributed by atoms with Crippen molar-refractivity contribution in [1.29, 1.82) is 0 Å². The molecule has 2 heteroatoms. The van der Waals surface area contributed by atoms with Crippen LogP contribution in [-0.4, -0.2) is 10.9 Å². The summed E-state index contributed by atoms with van der Waals surface area (Å²) in [5.41, 5.74) is 0.464. The molecule has 2 nitrogen and oxygen atoms in total. The average molecular weight is 196 g/mol. The molecule has 1 aliphatic carbocycles. The Labute approximate surface area is 86.0 Å². The minimum atomic E-state index is -0.261. The van der Waals surface area contributed by atoms with Gasteiger partial charge in [0.2, 0.25) is 0 Å². The molecule has 0 aromatic carbocycles. The van der Waals surface area contributed by atoms with E-state index >= 15 is 0 Å². The second-order valence-corrected chi connectivity index (χ2v) is 5.78. The first-order valence-corrected chi connectivity index (χ1v) is 5.09. The fraction of sp³-hybridized carbons (Fsp3) is 0.750. The van der Waals surface area contributed by atoms with Crippen LogP contribution in [0, 0.1) is 10.8 Å². The van der Waals surface area contributed by atoms with Crippen LogP contribution in [0.25, 0.3) is 0 Å². The van der Waals surface area contributed by atoms with Gasteiger partial charge in [-0.1, -0.05) is 27.7 Å². The molecule has 0 spiro atoms. The Hall–Kier alpha value is -0.790. The highest BCUT2D eigenvalue weighted by molar-refractivity contribution is 5.94. The Bertz CT molecular complexity index is 295. The normalized spacial score (nSPS) is 24.9. The lowest BCUT2D eigenvalue weighted by molar-refractivity contribution is -0.114. The molecule has 0 fully saturated rings. The highest BCUT2D eigenvalue weighted by Gasteiger charge is 2.40. The summed E-state index contributed by atoms with van der Waals surface area (Å²) in [4.78, 5) is 11.4. The smallest absolute Gasteiger partial charge is 0.159 e. The van der Waals surface area contributed by atoms with Gasteiger partial charge in [0.1, 0.15) is 5.76 Å². The van der Waals surface area contributed by atoms with E-state index < -0.39 is 0 Å². The highest BCUT2D eigenvalue weighted by Crippen LogP contribution is 2.47. The van der Waals surface area contributed by atoms with Crippen molar-refractivity contribution in [3.05, 3.63) is 11.3 Å². The number of carbonyl (C=O) groups is 1. The van der Waals surface area contributed by atoms with Crippen LogP contribution >= 0.6 is 0 Å². The maximum atomic E-state index is 11.4. The van der Waals surface area contributed by atoms with E-state index in [0.29, 0.717) is 17.8 Å². The third kappa shape index (κ3) is 1.99. The number of aliphatic hydroxyl groups excluding tert-OH is 1. The standard InChI is InChI=1S/C12H20O2/c1-8(13)9-6-11(2,3)7-12(4,5)10(9)14/h14H,6-7H2,1-5H3. The van der Waals surface area contributed by atoms with Crippen molar-refractivity contribution in [1.82, 2.24) is 0 Å². The maximum Gasteiger partial charge on any atom is 0.159 e. The van der Waals surface area contributed by atoms with E-state index in [1.54, 1.807) is 0 Å². The van der Waals surface area contributed by atoms with Gasteiger partial charge in [0, 0.05) is 11.0 Å². The molecule has 0 bridgehead atoms. The fourth-order valence-electron chi connectivity index (χ4n) is 2.60. The lowest BCUT2D eigenvalue weighted by atomic mass is 9.65. The van der Waals surface area contributed by atoms with Crippen LogP contribution in [0.15, 0.2) is 11.3 Å². The van der Waals surface area contributed by atoms with E-state index in [0.717, 1.165) is 6.42 Å². The summed E-state index contributed by atoms with van der Waals surface area (Å²) in [6, 6.07) is 0. The molecule has 0 saturated carbocycles. The average Bonchev–Trinajstić information content (AvgIpc) is 1.94. The lowest BCUT2D eigenvalue weighted by Gasteiger charge is -2.40. The minimum Gasteiger partial charge on any atom is -0.511 e. The van der Waals surface area contributed by atoms with Crippen LogP contribution in [0.1, 0.15) is 47.5 Å². The van der Waals surface area contributed by atoms with Gasteiger partial charge in [-0.25, -0.2) is 0 Å². The van der Waals surface area contributed by atoms with E-state index in [9.17, 15) is 9.90 Å². The molecule has 0 amide bonds. The number of Topliss-reactive ketones (excluding diaryl/α,β-unsaturated/α-hetero) is 1. The van der Waals surface area contributed by atoms with Gasteiger partial charge in [0.25, 0.3) is 0 Å². The fourth-order valence-corrected chi connectivity index (χ4v) is 2.60. The van der Waals surface area contributed by atoms with Gasteiger partial charge >= 0.3 is 0 Å². The molecule has 0 aromatic rings. The predicted molar refractivity (Wildman–Crippen MR) is 57.1 cm³/mol. The number of hydrogen-bond donors (Lipinski definition) is 1. The van der Waals surface area contributed by atoms with Gasteiger partial charge in [0.15, 0.2) is 5.78 Å². The Morgan fingerprint density at radius 3 is 2.21 bits per heavy atom. The Morgan fingerprint density at radius 1 is 1.29 bits per heavy atom. The number of allylic oxidation sites excluding steroid dienone is 2. The first-order chi connectivity index (χ1) is 6.16. The summed E-state index contributed by atoms with van der Waals surface area (Å²) < 4.78 is 0. The number of rotatable bonds is 1. The second-order valence-electron chi connectivity index (χ2n) is 5.78. The van der Waals surface area contributed by atoms with E-state index in [1.807, 2.05) is 13.8 Å². The third-order valence-corrected chi connectivity index (χ3v) is 2.93. The molecule has 1 N–H and O–H groups in total. The topological polar surface area (TPSA) is 37.3 Å². The lowest BCUT2D eigenvalue weighted by Crippen LogP contribution is -2.33. The van der Waals surface area contributed by atoms with Gasteiger partial charge in [-0.2, -0.15) is 0 Å². The van der Waals surface area contributed by atoms with Crippen molar-refractivity contribution in [2.24, 2.45) is 10.8 Å². The number of hydrogen-bond acceptors (Lipinski definition) is 2. The minimum absolute atomic E-state index is 0.00310. The van der Waals surface area contributed by atoms with Gasteiger partial charge in [-0.3, -0.25) is 4.79 Å². The van der Waals surface area contributed by atoms with E-state index in [-0.39, 0.29) is 16.6 Å². The summed E-state index contributed by atoms with van der Waals surface area (Å²) in [6.45, 7) is 9.80. The van der Waals surface area contributed by atoms with Crippen molar-refractivity contribution < 1.29 is 9.90 Å². The van der Waals surface area contributed by atoms with E-state index in [4.69, 9.17) is 0 Å². The Morgan fingerprint density at radius 2 is 1.79 bits per heavy atom. The first kappa shape index (κ1) is 11.3. The van der Waals surface area contributed by atoms with Crippen LogP contribution in [0.4, 0.5) is 0 Å². The zero-order valence-corrected chi connectivity index (χ0v) is 9.77. The zero-order valence-electron chi connectivity index (χ0n) is 9.77. The molecule has 0 heterocycles. The van der Waals surface area contributed by atoms with Gasteiger partial charge in [-0.05, 0) is 25.2 Å². The van der Waals surface area contributed by atoms with Gasteiger partial charge in [0.05, 0.1) is 0 Å². The van der Waals surface area contributed by atoms with Gasteiger partial charge in [-0.15, -0.1) is 0 Å². The van der Waals surface area contributed by atoms with E-state index in [2.05, 4.69) is 13.8 Å². The summed E-state index contributed by atoms with van der Waals surface area (Å²) >= 11 is 0. The molecule has 1 aliphatic rings. The molecule has 80 valence electrons. The molecular weight excluding hydrogens is 176 g/mol. The molecule has 0 aliphatic heterocycles. The predicted octanol–water partition coefficient (Wildman–Crippen LogP) is 3.23. The molecule has 0 radical (unpaired) electrons. The van der Waals surface area contributed by atoms with Crippen molar-refractivity contribution in [3.63, 3.8) is 0 Å². The third-order valence-electron chi connectivity index (χ3n) is 2.93. The monoisotopic (exact) mass is 196 g/mol. The van der Waals surface area contributed by atoms with Crippen molar-refractivity contribution in [2.75, 3.05) is 0 Å². The van der Waals surface area contributed by atoms with Crippen LogP contribution < -0.4 is 0 Å².